The van der Waals surface area contributed by atoms with E-state index in [4.69, 9.17) is 11.6 Å². The summed E-state index contributed by atoms with van der Waals surface area (Å²) in [5.74, 6) is -0.751. The summed E-state index contributed by atoms with van der Waals surface area (Å²) in [5, 5.41) is 0.185. The van der Waals surface area contributed by atoms with Crippen LogP contribution in [0.2, 0.25) is 5.02 Å². The molecule has 0 saturated heterocycles. The number of pyridine rings is 1. The molecule has 1 aromatic heterocycles. The van der Waals surface area contributed by atoms with Crippen LogP contribution in [0.15, 0.2) is 46.0 Å². The number of nitrogens with one attached hydrogen (secondary N) is 1. The SMILES string of the molecule is O=S(=O)(Nc1ccc(Cl)cc1F)c1cncc(Br)c1. The number of sulfonamides is 1. The summed E-state index contributed by atoms with van der Waals surface area (Å²) in [5.41, 5.74) is -0.177. The van der Waals surface area contributed by atoms with Gasteiger partial charge in [-0.1, -0.05) is 11.6 Å². The van der Waals surface area contributed by atoms with Gasteiger partial charge in [-0.2, -0.15) is 0 Å². The Balaban J connectivity index is 2.36. The topological polar surface area (TPSA) is 59.1 Å². The number of hydrogen-bond acceptors (Lipinski definition) is 3. The van der Waals surface area contributed by atoms with Crippen molar-refractivity contribution in [3.8, 4) is 0 Å². The Morgan fingerprint density at radius 2 is 2.00 bits per heavy atom. The van der Waals surface area contributed by atoms with Crippen molar-refractivity contribution in [2.45, 2.75) is 4.90 Å². The third-order valence-corrected chi connectivity index (χ3v) is 4.17. The van der Waals surface area contributed by atoms with E-state index in [1.807, 2.05) is 0 Å². The normalized spacial score (nSPS) is 11.3. The number of hydrogen-bond donors (Lipinski definition) is 1. The lowest BCUT2D eigenvalue weighted by molar-refractivity contribution is 0.598. The van der Waals surface area contributed by atoms with E-state index in [1.54, 1.807) is 0 Å². The number of nitrogens with zero attached hydrogens (tertiary/aromatic N) is 1. The quantitative estimate of drug-likeness (QED) is 0.906. The maximum absolute atomic E-state index is 13.5. The van der Waals surface area contributed by atoms with Gasteiger partial charge in [-0.15, -0.1) is 0 Å². The number of aromatic nitrogens is 1. The third-order valence-electron chi connectivity index (χ3n) is 2.17. The van der Waals surface area contributed by atoms with Crippen molar-refractivity contribution >= 4 is 43.2 Å². The van der Waals surface area contributed by atoms with Gasteiger partial charge in [0, 0.05) is 21.9 Å². The molecule has 1 aromatic carbocycles. The molecule has 0 aliphatic heterocycles. The molecule has 19 heavy (non-hydrogen) atoms. The van der Waals surface area contributed by atoms with Crippen LogP contribution in [-0.2, 0) is 10.0 Å². The van der Waals surface area contributed by atoms with Gasteiger partial charge in [-0.25, -0.2) is 12.8 Å². The lowest BCUT2D eigenvalue weighted by atomic mass is 10.3. The molecule has 0 spiro atoms. The standard InChI is InChI=1S/C11H7BrClFN2O2S/c12-7-3-9(6-15-5-7)19(17,18)16-11-2-1-8(13)4-10(11)14/h1-6,16H. The summed E-state index contributed by atoms with van der Waals surface area (Å²) < 4.78 is 40.2. The molecule has 0 saturated carbocycles. The molecule has 100 valence electrons. The minimum Gasteiger partial charge on any atom is -0.277 e. The van der Waals surface area contributed by atoms with Crippen molar-refractivity contribution in [2.75, 3.05) is 4.72 Å². The minimum absolute atomic E-state index is 0.0729. The van der Waals surface area contributed by atoms with Crippen molar-refractivity contribution < 1.29 is 12.8 Å². The highest BCUT2D eigenvalue weighted by atomic mass is 79.9. The summed E-state index contributed by atoms with van der Waals surface area (Å²) in [6.07, 6.45) is 2.61. The van der Waals surface area contributed by atoms with Crippen LogP contribution in [0.4, 0.5) is 10.1 Å². The van der Waals surface area contributed by atoms with Crippen LogP contribution < -0.4 is 4.72 Å². The molecule has 0 atom stereocenters. The first-order chi connectivity index (χ1) is 8.88. The number of rotatable bonds is 3. The summed E-state index contributed by atoms with van der Waals surface area (Å²) in [7, 11) is -3.90. The van der Waals surface area contributed by atoms with Crippen LogP contribution >= 0.6 is 27.5 Å². The van der Waals surface area contributed by atoms with Gasteiger partial charge >= 0.3 is 0 Å². The van der Waals surface area contributed by atoms with Crippen LogP contribution in [0.25, 0.3) is 0 Å². The molecule has 8 heteroatoms. The Bertz CT molecular complexity index is 724. The summed E-state index contributed by atoms with van der Waals surface area (Å²) in [4.78, 5) is 3.67. The van der Waals surface area contributed by atoms with E-state index in [0.29, 0.717) is 4.47 Å². The first-order valence-corrected chi connectivity index (χ1v) is 7.62. The van der Waals surface area contributed by atoms with E-state index in [0.717, 1.165) is 6.07 Å². The molecular weight excluding hydrogens is 359 g/mol. The highest BCUT2D eigenvalue weighted by molar-refractivity contribution is 9.10. The second kappa shape index (κ2) is 5.44. The van der Waals surface area contributed by atoms with Crippen molar-refractivity contribution in [3.63, 3.8) is 0 Å². The van der Waals surface area contributed by atoms with Crippen molar-refractivity contribution in [3.05, 3.63) is 52.0 Å². The molecule has 1 N–H and O–H groups in total. The van der Waals surface area contributed by atoms with Crippen molar-refractivity contribution in [1.82, 2.24) is 4.98 Å². The van der Waals surface area contributed by atoms with Crippen LogP contribution in [-0.4, -0.2) is 13.4 Å². The van der Waals surface area contributed by atoms with Gasteiger partial charge < -0.3 is 0 Å². The molecule has 2 aromatic rings. The average molecular weight is 366 g/mol. The largest absolute Gasteiger partial charge is 0.277 e. The van der Waals surface area contributed by atoms with Gasteiger partial charge in [0.1, 0.15) is 10.7 Å². The van der Waals surface area contributed by atoms with E-state index in [9.17, 15) is 12.8 Å². The van der Waals surface area contributed by atoms with Crippen molar-refractivity contribution in [1.29, 1.82) is 0 Å². The van der Waals surface area contributed by atoms with Crippen molar-refractivity contribution in [2.24, 2.45) is 0 Å². The molecule has 0 aliphatic rings. The highest BCUT2D eigenvalue weighted by Gasteiger charge is 2.17. The summed E-state index contributed by atoms with van der Waals surface area (Å²) in [6, 6.07) is 5.03. The van der Waals surface area contributed by atoms with Gasteiger partial charge in [0.05, 0.1) is 5.69 Å². The Kier molecular flexibility index (Phi) is 4.07. The average Bonchev–Trinajstić information content (AvgIpc) is 2.33. The van der Waals surface area contributed by atoms with Crippen LogP contribution in [0.1, 0.15) is 0 Å². The van der Waals surface area contributed by atoms with Gasteiger partial charge in [0.25, 0.3) is 10.0 Å². The molecule has 0 amide bonds. The zero-order valence-electron chi connectivity index (χ0n) is 9.27. The molecule has 0 fully saturated rings. The molecule has 2 rings (SSSR count). The second-order valence-corrected chi connectivity index (χ2v) is 6.60. The Morgan fingerprint density at radius 1 is 1.26 bits per heavy atom. The maximum atomic E-state index is 13.5. The third kappa shape index (κ3) is 3.43. The fourth-order valence-corrected chi connectivity index (χ4v) is 3.05. The predicted molar refractivity (Wildman–Crippen MR) is 74.2 cm³/mol. The predicted octanol–water partition coefficient (Wildman–Crippen LogP) is 3.44. The fraction of sp³-hybridized carbons (Fsp3) is 0. The molecule has 0 radical (unpaired) electrons. The Labute approximate surface area is 122 Å². The second-order valence-electron chi connectivity index (χ2n) is 3.57. The number of benzene rings is 1. The van der Waals surface area contributed by atoms with Gasteiger partial charge in [-0.3, -0.25) is 9.71 Å². The smallest absolute Gasteiger partial charge is 0.263 e. The van der Waals surface area contributed by atoms with Gasteiger partial charge in [-0.05, 0) is 40.2 Å². The zero-order valence-corrected chi connectivity index (χ0v) is 12.4. The summed E-state index contributed by atoms with van der Waals surface area (Å²) >= 11 is 8.71. The molecule has 0 aliphatic carbocycles. The van der Waals surface area contributed by atoms with Crippen LogP contribution in [0.3, 0.4) is 0 Å². The lowest BCUT2D eigenvalue weighted by Crippen LogP contribution is -2.14. The Morgan fingerprint density at radius 3 is 2.63 bits per heavy atom. The molecule has 4 nitrogen and oxygen atoms in total. The van der Waals surface area contributed by atoms with E-state index in [1.165, 1.54) is 30.6 Å². The van der Waals surface area contributed by atoms with Gasteiger partial charge in [0.2, 0.25) is 0 Å². The number of halogens is 3. The summed E-state index contributed by atoms with van der Waals surface area (Å²) in [6.45, 7) is 0. The molecule has 1 heterocycles. The monoisotopic (exact) mass is 364 g/mol. The lowest BCUT2D eigenvalue weighted by Gasteiger charge is -2.09. The molecule has 0 unspecified atom stereocenters. The van der Waals surface area contributed by atoms with Crippen LogP contribution in [0.5, 0.6) is 0 Å². The molecular formula is C11H7BrClFN2O2S. The van der Waals surface area contributed by atoms with Crippen LogP contribution in [0, 0.1) is 5.82 Å². The van der Waals surface area contributed by atoms with Gasteiger partial charge in [0.15, 0.2) is 0 Å². The highest BCUT2D eigenvalue weighted by Crippen LogP contribution is 2.22. The zero-order chi connectivity index (χ0) is 14.0. The maximum Gasteiger partial charge on any atom is 0.263 e. The Hall–Kier alpha value is -1.18. The molecule has 0 bridgehead atoms. The first kappa shape index (κ1) is 14.2. The van der Waals surface area contributed by atoms with E-state index < -0.39 is 15.8 Å². The minimum atomic E-state index is -3.90. The van der Waals surface area contributed by atoms with E-state index >= 15 is 0 Å². The van der Waals surface area contributed by atoms with E-state index in [2.05, 4.69) is 25.6 Å². The first-order valence-electron chi connectivity index (χ1n) is 4.97. The fourth-order valence-electron chi connectivity index (χ4n) is 1.32. The van der Waals surface area contributed by atoms with E-state index in [-0.39, 0.29) is 15.6 Å². The number of anilines is 1.